The van der Waals surface area contributed by atoms with Gasteiger partial charge in [0.1, 0.15) is 11.0 Å². The minimum absolute atomic E-state index is 0.647. The molecular formula is C11H8ClN3S. The second-order valence-electron chi connectivity index (χ2n) is 3.41. The maximum atomic E-state index is 6.13. The van der Waals surface area contributed by atoms with Crippen LogP contribution < -0.4 is 0 Å². The summed E-state index contributed by atoms with van der Waals surface area (Å²) in [5.74, 6) is 0.878. The molecule has 0 unspecified atom stereocenters. The van der Waals surface area contributed by atoms with Crippen molar-refractivity contribution in [3.8, 4) is 0 Å². The molecule has 3 heterocycles. The Morgan fingerprint density at radius 1 is 1.19 bits per heavy atom. The van der Waals surface area contributed by atoms with Gasteiger partial charge < -0.3 is 0 Å². The van der Waals surface area contributed by atoms with Gasteiger partial charge >= 0.3 is 0 Å². The van der Waals surface area contributed by atoms with E-state index in [1.54, 1.807) is 11.3 Å². The predicted molar refractivity (Wildman–Crippen MR) is 65.1 cm³/mol. The molecular weight excluding hydrogens is 242 g/mol. The van der Waals surface area contributed by atoms with Crippen molar-refractivity contribution in [3.05, 3.63) is 51.6 Å². The predicted octanol–water partition coefficient (Wildman–Crippen LogP) is 3.04. The van der Waals surface area contributed by atoms with E-state index in [0.717, 1.165) is 17.9 Å². The van der Waals surface area contributed by atoms with Gasteiger partial charge in [0.05, 0.1) is 0 Å². The van der Waals surface area contributed by atoms with Gasteiger partial charge in [-0.3, -0.25) is 4.40 Å². The summed E-state index contributed by atoms with van der Waals surface area (Å²) in [6.07, 6.45) is 0.766. The molecule has 3 aromatic rings. The van der Waals surface area contributed by atoms with Crippen LogP contribution in [0.15, 0.2) is 35.7 Å². The van der Waals surface area contributed by atoms with Crippen molar-refractivity contribution in [2.24, 2.45) is 0 Å². The van der Waals surface area contributed by atoms with Gasteiger partial charge in [-0.1, -0.05) is 23.7 Å². The summed E-state index contributed by atoms with van der Waals surface area (Å²) in [7, 11) is 0. The van der Waals surface area contributed by atoms with E-state index in [2.05, 4.69) is 21.6 Å². The average molecular weight is 250 g/mol. The van der Waals surface area contributed by atoms with E-state index in [4.69, 9.17) is 11.6 Å². The minimum Gasteiger partial charge on any atom is -0.269 e. The number of rotatable bonds is 2. The van der Waals surface area contributed by atoms with Gasteiger partial charge in [-0.25, -0.2) is 0 Å². The summed E-state index contributed by atoms with van der Waals surface area (Å²) in [4.78, 5) is 1.26. The van der Waals surface area contributed by atoms with Crippen LogP contribution in [-0.2, 0) is 6.42 Å². The molecule has 16 heavy (non-hydrogen) atoms. The van der Waals surface area contributed by atoms with Crippen LogP contribution in [0.4, 0.5) is 0 Å². The van der Waals surface area contributed by atoms with Crippen molar-refractivity contribution in [1.82, 2.24) is 14.6 Å². The molecule has 0 saturated heterocycles. The highest BCUT2D eigenvalue weighted by Gasteiger charge is 2.08. The van der Waals surface area contributed by atoms with Crippen LogP contribution in [0.5, 0.6) is 0 Å². The van der Waals surface area contributed by atoms with Crippen molar-refractivity contribution in [1.29, 1.82) is 0 Å². The molecule has 0 fully saturated rings. The maximum Gasteiger partial charge on any atom is 0.161 e. The van der Waals surface area contributed by atoms with Crippen LogP contribution in [-0.4, -0.2) is 14.6 Å². The van der Waals surface area contributed by atoms with E-state index in [1.807, 2.05) is 28.7 Å². The molecule has 0 bridgehead atoms. The van der Waals surface area contributed by atoms with Crippen LogP contribution in [0.25, 0.3) is 5.65 Å². The van der Waals surface area contributed by atoms with Crippen molar-refractivity contribution in [3.63, 3.8) is 0 Å². The Kier molecular flexibility index (Phi) is 2.38. The van der Waals surface area contributed by atoms with Gasteiger partial charge in [0.2, 0.25) is 0 Å². The zero-order chi connectivity index (χ0) is 11.0. The van der Waals surface area contributed by atoms with Gasteiger partial charge in [0.15, 0.2) is 5.65 Å². The Balaban J connectivity index is 2.10. The van der Waals surface area contributed by atoms with Crippen LogP contribution in [0, 0.1) is 0 Å². The minimum atomic E-state index is 0.647. The number of thiophene rings is 1. The number of fused-ring (bicyclic) bond motifs is 1. The fourth-order valence-corrected chi connectivity index (χ4v) is 2.60. The molecule has 3 nitrogen and oxygen atoms in total. The van der Waals surface area contributed by atoms with Gasteiger partial charge in [0, 0.05) is 11.3 Å². The van der Waals surface area contributed by atoms with E-state index in [-0.39, 0.29) is 0 Å². The smallest absolute Gasteiger partial charge is 0.161 e. The normalized spacial score (nSPS) is 11.1. The fourth-order valence-electron chi connectivity index (χ4n) is 1.64. The number of hydrogen-bond acceptors (Lipinski definition) is 3. The van der Waals surface area contributed by atoms with Crippen molar-refractivity contribution < 1.29 is 0 Å². The molecule has 0 aliphatic carbocycles. The molecule has 0 aromatic carbocycles. The van der Waals surface area contributed by atoms with E-state index in [9.17, 15) is 0 Å². The summed E-state index contributed by atoms with van der Waals surface area (Å²) in [6, 6.07) is 9.74. The first kappa shape index (κ1) is 9.81. The third-order valence-corrected chi connectivity index (χ3v) is 3.53. The highest BCUT2D eigenvalue weighted by atomic mass is 35.5. The first-order valence-electron chi connectivity index (χ1n) is 4.85. The summed E-state index contributed by atoms with van der Waals surface area (Å²) < 4.78 is 1.88. The number of aromatic nitrogens is 3. The topological polar surface area (TPSA) is 30.2 Å². The van der Waals surface area contributed by atoms with E-state index in [1.165, 1.54) is 4.88 Å². The lowest BCUT2D eigenvalue weighted by atomic mass is 10.3. The molecule has 0 atom stereocenters. The number of nitrogens with zero attached hydrogens (tertiary/aromatic N) is 3. The Morgan fingerprint density at radius 3 is 2.94 bits per heavy atom. The lowest BCUT2D eigenvalue weighted by Gasteiger charge is -2.00. The maximum absolute atomic E-state index is 6.13. The molecule has 0 N–H and O–H groups in total. The first-order chi connectivity index (χ1) is 7.84. The number of hydrogen-bond donors (Lipinski definition) is 0. The van der Waals surface area contributed by atoms with Crippen LogP contribution >= 0.6 is 22.9 Å². The lowest BCUT2D eigenvalue weighted by molar-refractivity contribution is 0.945. The second-order valence-corrected chi connectivity index (χ2v) is 4.83. The third-order valence-electron chi connectivity index (χ3n) is 2.36. The summed E-state index contributed by atoms with van der Waals surface area (Å²) in [6.45, 7) is 0. The highest BCUT2D eigenvalue weighted by Crippen LogP contribution is 2.18. The number of halogens is 1. The fraction of sp³-hybridized carbons (Fsp3) is 0.0909. The van der Waals surface area contributed by atoms with Crippen LogP contribution in [0.1, 0.15) is 10.7 Å². The van der Waals surface area contributed by atoms with E-state index in [0.29, 0.717) is 5.15 Å². The Hall–Kier alpha value is -1.39. The van der Waals surface area contributed by atoms with Gasteiger partial charge in [-0.2, -0.15) is 0 Å². The second kappa shape index (κ2) is 3.88. The summed E-state index contributed by atoms with van der Waals surface area (Å²) in [5, 5.41) is 11.0. The quantitative estimate of drug-likeness (QED) is 0.654. The molecule has 80 valence electrons. The first-order valence-corrected chi connectivity index (χ1v) is 6.11. The zero-order valence-electron chi connectivity index (χ0n) is 8.30. The zero-order valence-corrected chi connectivity index (χ0v) is 9.87. The highest BCUT2D eigenvalue weighted by molar-refractivity contribution is 7.09. The summed E-state index contributed by atoms with van der Waals surface area (Å²) >= 11 is 7.84. The molecule has 0 aliphatic heterocycles. The molecule has 3 aromatic heterocycles. The average Bonchev–Trinajstić information content (AvgIpc) is 2.90. The monoisotopic (exact) mass is 249 g/mol. The largest absolute Gasteiger partial charge is 0.269 e. The third kappa shape index (κ3) is 1.60. The van der Waals surface area contributed by atoms with Crippen molar-refractivity contribution >= 4 is 28.6 Å². The SMILES string of the molecule is Clc1cccc2nnc(Cc3cccs3)n12. The molecule has 0 radical (unpaired) electrons. The van der Waals surface area contributed by atoms with Crippen molar-refractivity contribution in [2.75, 3.05) is 0 Å². The Bertz CT molecular complexity index is 615. The van der Waals surface area contributed by atoms with Gasteiger partial charge in [-0.15, -0.1) is 21.5 Å². The van der Waals surface area contributed by atoms with Crippen molar-refractivity contribution in [2.45, 2.75) is 6.42 Å². The molecule has 0 amide bonds. The molecule has 5 heteroatoms. The molecule has 0 aliphatic rings. The number of pyridine rings is 1. The summed E-state index contributed by atoms with van der Waals surface area (Å²) in [5.41, 5.74) is 0.791. The Morgan fingerprint density at radius 2 is 2.12 bits per heavy atom. The van der Waals surface area contributed by atoms with Crippen LogP contribution in [0.2, 0.25) is 5.15 Å². The lowest BCUT2D eigenvalue weighted by Crippen LogP contribution is -1.95. The Labute approximate surface area is 101 Å². The molecule has 0 spiro atoms. The van der Waals surface area contributed by atoms with Gasteiger partial charge in [-0.05, 0) is 23.6 Å². The van der Waals surface area contributed by atoms with E-state index < -0.39 is 0 Å². The van der Waals surface area contributed by atoms with Crippen LogP contribution in [0.3, 0.4) is 0 Å². The van der Waals surface area contributed by atoms with E-state index >= 15 is 0 Å². The molecule has 3 rings (SSSR count). The molecule has 0 saturated carbocycles. The standard InChI is InChI=1S/C11H8ClN3S/c12-9-4-1-5-10-13-14-11(15(9)10)7-8-3-2-6-16-8/h1-6H,7H2. The van der Waals surface area contributed by atoms with Gasteiger partial charge in [0.25, 0.3) is 0 Å².